The smallest absolute Gasteiger partial charge is 0.290 e. The summed E-state index contributed by atoms with van der Waals surface area (Å²) in [6.07, 6.45) is 0. The van der Waals surface area contributed by atoms with Crippen LogP contribution in [0.1, 0.15) is 0 Å². The summed E-state index contributed by atoms with van der Waals surface area (Å²) < 4.78 is 4.38. The van der Waals surface area contributed by atoms with Crippen LogP contribution >= 0.6 is 0 Å². The molecule has 0 unspecified atom stereocenters. The van der Waals surface area contributed by atoms with Crippen molar-refractivity contribution in [2.75, 3.05) is 0 Å². The lowest BCUT2D eigenvalue weighted by molar-refractivity contribution is 0.478. The molecule has 0 radical (unpaired) electrons. The van der Waals surface area contributed by atoms with Gasteiger partial charge in [-0.3, -0.25) is 0 Å². The van der Waals surface area contributed by atoms with Gasteiger partial charge in [0.15, 0.2) is 0 Å². The second-order valence-corrected chi connectivity index (χ2v) is 2.99. The van der Waals surface area contributed by atoms with Gasteiger partial charge in [-0.1, -0.05) is 0 Å². The fourth-order valence-corrected chi connectivity index (χ4v) is 0. The van der Waals surface area contributed by atoms with Gasteiger partial charge in [-0.05, 0) is 0 Å². The first-order chi connectivity index (χ1) is 1.91. The molecule has 0 amide bonds. The molecular weight excluding hydrogens is 88.2 g/mol. The van der Waals surface area contributed by atoms with Crippen LogP contribution in [0.5, 0.6) is 0 Å². The van der Waals surface area contributed by atoms with E-state index in [2.05, 4.69) is 4.12 Å². The molecule has 0 fully saturated rings. The van der Waals surface area contributed by atoms with Gasteiger partial charge in [0.05, 0.1) is 0 Å². The van der Waals surface area contributed by atoms with Crippen molar-refractivity contribution in [1.82, 2.24) is 0 Å². The summed E-state index contributed by atoms with van der Waals surface area (Å²) in [5.41, 5.74) is 0. The van der Waals surface area contributed by atoms with Crippen LogP contribution in [0.25, 0.3) is 0 Å². The molecule has 0 atom stereocenters. The highest BCUT2D eigenvalue weighted by Gasteiger charge is 1.56. The normalized spacial score (nSPS) is 11.2. The van der Waals surface area contributed by atoms with Gasteiger partial charge in [-0.2, -0.15) is 0 Å². The van der Waals surface area contributed by atoms with E-state index in [0.29, 0.717) is 10.5 Å². The highest BCUT2D eigenvalue weighted by Crippen LogP contribution is 1.37. The van der Waals surface area contributed by atoms with E-state index in [0.717, 1.165) is 0 Å². The van der Waals surface area contributed by atoms with Crippen LogP contribution in [0.4, 0.5) is 0 Å². The molecule has 0 saturated heterocycles. The van der Waals surface area contributed by atoms with Crippen molar-refractivity contribution in [2.24, 2.45) is 0 Å². The van der Waals surface area contributed by atoms with Gasteiger partial charge in [0, 0.05) is 0 Å². The van der Waals surface area contributed by atoms with E-state index in [9.17, 15) is 0 Å². The van der Waals surface area contributed by atoms with Crippen molar-refractivity contribution >= 4 is 20.5 Å². The molecule has 4 heteroatoms. The Balaban J connectivity index is 1.97. The second kappa shape index (κ2) is 3.35. The molecule has 0 heterocycles. The number of hydrogen-bond acceptors (Lipinski definition) is 2. The van der Waals surface area contributed by atoms with Crippen LogP contribution in [0.2, 0.25) is 0 Å². The van der Waals surface area contributed by atoms with E-state index >= 15 is 0 Å². The summed E-state index contributed by atoms with van der Waals surface area (Å²) >= 11 is 0. The maximum atomic E-state index is 7.83. The van der Waals surface area contributed by atoms with Gasteiger partial charge in [0.25, 0.3) is 10.0 Å². The summed E-state index contributed by atoms with van der Waals surface area (Å²) in [6.45, 7) is 0. The molecule has 0 saturated carbocycles. The van der Waals surface area contributed by atoms with Crippen molar-refractivity contribution in [3.05, 3.63) is 0 Å². The SMILES string of the molecule is O[SiH2]O[SiH3]. The van der Waals surface area contributed by atoms with E-state index in [1.807, 2.05) is 0 Å². The molecule has 0 rings (SSSR count). The topological polar surface area (TPSA) is 29.5 Å². The highest BCUT2D eigenvalue weighted by molar-refractivity contribution is 6.25. The van der Waals surface area contributed by atoms with Gasteiger partial charge >= 0.3 is 0 Å². The molecule has 0 aromatic rings. The molecule has 0 aliphatic heterocycles. The zero-order valence-electron chi connectivity index (χ0n) is 2.56. The number of rotatable bonds is 1. The van der Waals surface area contributed by atoms with E-state index < -0.39 is 10.0 Å². The number of hydrogen-bond donors (Lipinski definition) is 1. The summed E-state index contributed by atoms with van der Waals surface area (Å²) in [4.78, 5) is 7.83. The van der Waals surface area contributed by atoms with E-state index in [1.165, 1.54) is 0 Å². The van der Waals surface area contributed by atoms with Gasteiger partial charge in [0.2, 0.25) is 0 Å². The zero-order valence-corrected chi connectivity index (χ0v) is 5.98. The molecular formula is H6O2Si2. The molecule has 0 aliphatic rings. The molecule has 0 aliphatic carbocycles. The quantitative estimate of drug-likeness (QED) is 0.358. The Morgan fingerprint density at radius 1 is 2.00 bits per heavy atom. The molecule has 0 spiro atoms. The molecule has 0 bridgehead atoms. The second-order valence-electron chi connectivity index (χ2n) is 0.418. The third-order valence-corrected chi connectivity index (χ3v) is 1.16. The van der Waals surface area contributed by atoms with Crippen LogP contribution in [0.3, 0.4) is 0 Å². The summed E-state index contributed by atoms with van der Waals surface area (Å²) in [5.74, 6) is 0. The average Bonchev–Trinajstić information content (AvgIpc) is 1.37. The van der Waals surface area contributed by atoms with E-state index in [-0.39, 0.29) is 0 Å². The minimum atomic E-state index is -1.01. The lowest BCUT2D eigenvalue weighted by Crippen LogP contribution is -1.88. The maximum Gasteiger partial charge on any atom is 0.290 e. The summed E-state index contributed by atoms with van der Waals surface area (Å²) in [5, 5.41) is 0. The molecule has 0 aromatic carbocycles. The van der Waals surface area contributed by atoms with Crippen LogP contribution in [0.15, 0.2) is 0 Å². The maximum absolute atomic E-state index is 7.83. The monoisotopic (exact) mass is 94.0 g/mol. The predicted octanol–water partition coefficient (Wildman–Crippen LogP) is -2.73. The van der Waals surface area contributed by atoms with Crippen LogP contribution in [0, 0.1) is 0 Å². The van der Waals surface area contributed by atoms with Crippen molar-refractivity contribution < 1.29 is 8.91 Å². The van der Waals surface area contributed by atoms with Gasteiger partial charge in [0.1, 0.15) is 10.5 Å². The minimum absolute atomic E-state index is 0.701. The summed E-state index contributed by atoms with van der Waals surface area (Å²) in [7, 11) is -0.312. The Kier molecular flexibility index (Phi) is 3.65. The fraction of sp³-hybridized carbons (Fsp3) is 0. The highest BCUT2D eigenvalue weighted by atomic mass is 28.3. The zero-order chi connectivity index (χ0) is 3.41. The summed E-state index contributed by atoms with van der Waals surface area (Å²) in [6, 6.07) is 0. The van der Waals surface area contributed by atoms with Crippen molar-refractivity contribution in [1.29, 1.82) is 0 Å². The van der Waals surface area contributed by atoms with Gasteiger partial charge < -0.3 is 8.91 Å². The van der Waals surface area contributed by atoms with Crippen LogP contribution in [-0.4, -0.2) is 25.3 Å². The molecule has 26 valence electrons. The first-order valence-corrected chi connectivity index (χ1v) is 3.04. The first-order valence-electron chi connectivity index (χ1n) is 1.01. The predicted molar refractivity (Wildman–Crippen MR) is 21.8 cm³/mol. The Bertz CT molecular complexity index is 6.00. The van der Waals surface area contributed by atoms with Crippen molar-refractivity contribution in [3.63, 3.8) is 0 Å². The molecule has 1 N–H and O–H groups in total. The van der Waals surface area contributed by atoms with Crippen molar-refractivity contribution in [2.45, 2.75) is 0 Å². The third kappa shape index (κ3) is 2.35. The molecule has 4 heavy (non-hydrogen) atoms. The largest absolute Gasteiger partial charge is 0.449 e. The van der Waals surface area contributed by atoms with Crippen molar-refractivity contribution in [3.8, 4) is 0 Å². The third-order valence-electron chi connectivity index (χ3n) is 0.129. The molecule has 0 aromatic heterocycles. The lowest BCUT2D eigenvalue weighted by Gasteiger charge is -1.75. The fourth-order valence-electron chi connectivity index (χ4n) is 0. The Morgan fingerprint density at radius 3 is 2.25 bits per heavy atom. The standard InChI is InChI=1S/H6O2Si2/c1-4-2-3/h1H,4H2,3H3. The average molecular weight is 94.2 g/mol. The van der Waals surface area contributed by atoms with E-state index in [1.54, 1.807) is 0 Å². The molecule has 2 nitrogen and oxygen atoms in total. The van der Waals surface area contributed by atoms with E-state index in [4.69, 9.17) is 4.80 Å². The minimum Gasteiger partial charge on any atom is -0.449 e. The first kappa shape index (κ1) is 4.35. The van der Waals surface area contributed by atoms with Gasteiger partial charge in [-0.15, -0.1) is 0 Å². The Morgan fingerprint density at radius 2 is 2.25 bits per heavy atom. The van der Waals surface area contributed by atoms with Crippen LogP contribution < -0.4 is 0 Å². The Labute approximate surface area is 30.4 Å². The Hall–Kier alpha value is 0.354. The van der Waals surface area contributed by atoms with Crippen LogP contribution in [-0.2, 0) is 4.12 Å². The lowest BCUT2D eigenvalue weighted by atomic mass is 15.8. The van der Waals surface area contributed by atoms with Gasteiger partial charge in [-0.25, -0.2) is 0 Å².